The lowest BCUT2D eigenvalue weighted by molar-refractivity contribution is -0.130. The normalized spacial score (nSPS) is 21.6. The Kier molecular flexibility index (Phi) is 1.34. The molecule has 0 N–H and O–H groups in total. The lowest BCUT2D eigenvalue weighted by Crippen LogP contribution is -2.50. The molecule has 1 aliphatic rings. The van der Waals surface area contributed by atoms with Crippen LogP contribution in [0, 0.1) is 0 Å². The molecule has 8 heavy (non-hydrogen) atoms. The smallest absolute Gasteiger partial charge is 0.160 e. The molecule has 0 bridgehead atoms. The van der Waals surface area contributed by atoms with Gasteiger partial charge in [0, 0.05) is 6.04 Å². The first kappa shape index (κ1) is 5.76. The summed E-state index contributed by atoms with van der Waals surface area (Å²) in [6.45, 7) is 5.56. The Morgan fingerprint density at radius 1 is 1.50 bits per heavy atom. The van der Waals surface area contributed by atoms with Crippen LogP contribution >= 0.6 is 0 Å². The van der Waals surface area contributed by atoms with Crippen molar-refractivity contribution >= 4 is 5.78 Å². The van der Waals surface area contributed by atoms with E-state index in [0.717, 1.165) is 0 Å². The number of hydrogen-bond acceptors (Lipinski definition) is 2. The fourth-order valence-electron chi connectivity index (χ4n) is 0.772. The third-order valence-corrected chi connectivity index (χ3v) is 1.49. The van der Waals surface area contributed by atoms with Gasteiger partial charge in [-0.2, -0.15) is 0 Å². The van der Waals surface area contributed by atoms with Crippen LogP contribution in [0.15, 0.2) is 0 Å². The summed E-state index contributed by atoms with van der Waals surface area (Å²) in [5.41, 5.74) is 0. The molecule has 1 rings (SSSR count). The van der Waals surface area contributed by atoms with Crippen LogP contribution in [0.25, 0.3) is 0 Å². The van der Waals surface area contributed by atoms with Crippen molar-refractivity contribution in [1.29, 1.82) is 0 Å². The van der Waals surface area contributed by atoms with Gasteiger partial charge in [-0.1, -0.05) is 0 Å². The molecule has 2 nitrogen and oxygen atoms in total. The van der Waals surface area contributed by atoms with Gasteiger partial charge in [0.25, 0.3) is 0 Å². The van der Waals surface area contributed by atoms with Gasteiger partial charge in [-0.05, 0) is 13.8 Å². The van der Waals surface area contributed by atoms with Crippen molar-refractivity contribution in [2.75, 3.05) is 13.1 Å². The molecule has 46 valence electrons. The number of likely N-dealkylation sites (tertiary alicyclic amines) is 1. The first-order chi connectivity index (χ1) is 3.70. The van der Waals surface area contributed by atoms with Gasteiger partial charge in [0.1, 0.15) is 0 Å². The summed E-state index contributed by atoms with van der Waals surface area (Å²) in [6.07, 6.45) is 0. The molecule has 0 atom stereocenters. The number of Topliss-reactive ketones (excluding diaryl/α,β-unsaturated/α-hetero) is 1. The van der Waals surface area contributed by atoms with E-state index in [1.54, 1.807) is 0 Å². The molecule has 0 unspecified atom stereocenters. The van der Waals surface area contributed by atoms with Crippen molar-refractivity contribution in [3.63, 3.8) is 0 Å². The quantitative estimate of drug-likeness (QED) is 0.487. The third-order valence-electron chi connectivity index (χ3n) is 1.49. The predicted molar refractivity (Wildman–Crippen MR) is 31.7 cm³/mol. The van der Waals surface area contributed by atoms with Crippen LogP contribution in [-0.2, 0) is 4.79 Å². The summed E-state index contributed by atoms with van der Waals surface area (Å²) in [6, 6.07) is 0.549. The summed E-state index contributed by atoms with van der Waals surface area (Å²) in [4.78, 5) is 12.5. The number of nitrogens with zero attached hydrogens (tertiary/aromatic N) is 1. The van der Waals surface area contributed by atoms with E-state index >= 15 is 0 Å². The van der Waals surface area contributed by atoms with Crippen LogP contribution in [-0.4, -0.2) is 29.8 Å². The third kappa shape index (κ3) is 0.892. The number of carbonyl (C=O) groups is 1. The Morgan fingerprint density at radius 2 is 2.00 bits per heavy atom. The van der Waals surface area contributed by atoms with E-state index in [9.17, 15) is 4.79 Å². The van der Waals surface area contributed by atoms with Gasteiger partial charge in [0.2, 0.25) is 0 Å². The van der Waals surface area contributed by atoms with E-state index in [4.69, 9.17) is 0 Å². The number of carbonyl (C=O) groups excluding carboxylic acids is 1. The summed E-state index contributed by atoms with van der Waals surface area (Å²) < 4.78 is 0. The van der Waals surface area contributed by atoms with Gasteiger partial charge in [-0.15, -0.1) is 0 Å². The van der Waals surface area contributed by atoms with Crippen molar-refractivity contribution in [3.8, 4) is 0 Å². The number of ketones is 1. The fraction of sp³-hybridized carbons (Fsp3) is 0.833. The molecule has 2 heteroatoms. The average Bonchev–Trinajstić information content (AvgIpc) is 1.57. The maximum absolute atomic E-state index is 10.4. The first-order valence-corrected chi connectivity index (χ1v) is 2.96. The van der Waals surface area contributed by atoms with Gasteiger partial charge in [0.05, 0.1) is 13.1 Å². The van der Waals surface area contributed by atoms with E-state index in [2.05, 4.69) is 18.7 Å². The molecule has 1 fully saturated rings. The van der Waals surface area contributed by atoms with Crippen molar-refractivity contribution in [2.45, 2.75) is 19.9 Å². The fourth-order valence-corrected chi connectivity index (χ4v) is 0.772. The van der Waals surface area contributed by atoms with Crippen molar-refractivity contribution in [1.82, 2.24) is 4.90 Å². The molecule has 1 saturated heterocycles. The predicted octanol–water partition coefficient (Wildman–Crippen LogP) is 0.280. The molecule has 0 aromatic rings. The first-order valence-electron chi connectivity index (χ1n) is 2.96. The van der Waals surface area contributed by atoms with Gasteiger partial charge >= 0.3 is 0 Å². The zero-order valence-corrected chi connectivity index (χ0v) is 5.35. The van der Waals surface area contributed by atoms with Gasteiger partial charge < -0.3 is 0 Å². The minimum absolute atomic E-state index is 0.374. The van der Waals surface area contributed by atoms with Crippen LogP contribution in [0.4, 0.5) is 0 Å². The van der Waals surface area contributed by atoms with Gasteiger partial charge in [0.15, 0.2) is 5.78 Å². The SMILES string of the molecule is CC(C)N1CC(=O)C1. The highest BCUT2D eigenvalue weighted by Crippen LogP contribution is 2.05. The molecule has 0 aromatic heterocycles. The van der Waals surface area contributed by atoms with E-state index in [0.29, 0.717) is 24.9 Å². The van der Waals surface area contributed by atoms with E-state index in [1.165, 1.54) is 0 Å². The lowest BCUT2D eigenvalue weighted by Gasteiger charge is -2.32. The van der Waals surface area contributed by atoms with Crippen molar-refractivity contribution in [2.24, 2.45) is 0 Å². The Bertz CT molecular complexity index is 101. The number of hydrogen-bond donors (Lipinski definition) is 0. The zero-order chi connectivity index (χ0) is 6.15. The minimum Gasteiger partial charge on any atom is -0.297 e. The van der Waals surface area contributed by atoms with Crippen LogP contribution in [0.1, 0.15) is 13.8 Å². The zero-order valence-electron chi connectivity index (χ0n) is 5.35. The standard InChI is InChI=1S/C6H11NO/c1-5(2)7-3-6(8)4-7/h5H,3-4H2,1-2H3. The van der Waals surface area contributed by atoms with Crippen LogP contribution < -0.4 is 0 Å². The highest BCUT2D eigenvalue weighted by Gasteiger charge is 2.24. The largest absolute Gasteiger partial charge is 0.297 e. The van der Waals surface area contributed by atoms with Crippen molar-refractivity contribution < 1.29 is 4.79 Å². The molecule has 1 aliphatic heterocycles. The van der Waals surface area contributed by atoms with Gasteiger partial charge in [-0.3, -0.25) is 9.69 Å². The Labute approximate surface area is 49.5 Å². The Balaban J connectivity index is 2.25. The van der Waals surface area contributed by atoms with E-state index in [-0.39, 0.29) is 0 Å². The Morgan fingerprint density at radius 3 is 2.12 bits per heavy atom. The molecule has 0 spiro atoms. The summed E-state index contributed by atoms with van der Waals surface area (Å²) in [5.74, 6) is 0.374. The van der Waals surface area contributed by atoms with Gasteiger partial charge in [-0.25, -0.2) is 0 Å². The second kappa shape index (κ2) is 1.86. The molecular formula is C6H11NO. The van der Waals surface area contributed by atoms with Crippen LogP contribution in [0.3, 0.4) is 0 Å². The molecular weight excluding hydrogens is 102 g/mol. The Hall–Kier alpha value is -0.370. The molecule has 0 saturated carbocycles. The van der Waals surface area contributed by atoms with Crippen molar-refractivity contribution in [3.05, 3.63) is 0 Å². The lowest BCUT2D eigenvalue weighted by atomic mass is 10.1. The topological polar surface area (TPSA) is 20.3 Å². The van der Waals surface area contributed by atoms with E-state index < -0.39 is 0 Å². The number of rotatable bonds is 1. The van der Waals surface area contributed by atoms with E-state index in [1.807, 2.05) is 0 Å². The highest BCUT2D eigenvalue weighted by atomic mass is 16.1. The molecule has 0 aliphatic carbocycles. The second-order valence-electron chi connectivity index (χ2n) is 2.54. The maximum atomic E-state index is 10.4. The minimum atomic E-state index is 0.374. The molecule has 0 aromatic carbocycles. The molecule has 0 radical (unpaired) electrons. The van der Waals surface area contributed by atoms with Crippen LogP contribution in [0.2, 0.25) is 0 Å². The second-order valence-corrected chi connectivity index (χ2v) is 2.54. The molecule has 1 heterocycles. The summed E-state index contributed by atoms with van der Waals surface area (Å²) in [5, 5.41) is 0. The highest BCUT2D eigenvalue weighted by molar-refractivity contribution is 5.87. The monoisotopic (exact) mass is 113 g/mol. The molecule has 0 amide bonds. The maximum Gasteiger partial charge on any atom is 0.160 e. The average molecular weight is 113 g/mol. The summed E-state index contributed by atoms with van der Waals surface area (Å²) in [7, 11) is 0. The van der Waals surface area contributed by atoms with Crippen LogP contribution in [0.5, 0.6) is 0 Å². The summed E-state index contributed by atoms with van der Waals surface area (Å²) >= 11 is 0.